The number of halogens is 2. The van der Waals surface area contributed by atoms with E-state index in [0.29, 0.717) is 27.9 Å². The highest BCUT2D eigenvalue weighted by Crippen LogP contribution is 2.36. The monoisotopic (exact) mass is 508 g/mol. The van der Waals surface area contributed by atoms with E-state index < -0.39 is 15.9 Å². The van der Waals surface area contributed by atoms with Crippen molar-refractivity contribution in [3.8, 4) is 11.5 Å². The van der Waals surface area contributed by atoms with Gasteiger partial charge in [0.15, 0.2) is 0 Å². The summed E-state index contributed by atoms with van der Waals surface area (Å²) in [6.45, 7) is 3.71. The number of carbonyl (C=O) groups excluding carboxylic acids is 1. The number of aryl methyl sites for hydroxylation is 2. The molecular weight excluding hydrogens is 487 g/mol. The van der Waals surface area contributed by atoms with E-state index in [4.69, 9.17) is 32.7 Å². The number of hydrogen-bond acceptors (Lipinski definition) is 5. The van der Waals surface area contributed by atoms with Gasteiger partial charge in [0.1, 0.15) is 16.4 Å². The molecule has 0 aliphatic heterocycles. The molecule has 174 valence electrons. The van der Waals surface area contributed by atoms with Gasteiger partial charge in [-0.05, 0) is 43.7 Å². The van der Waals surface area contributed by atoms with Crippen molar-refractivity contribution in [2.45, 2.75) is 18.7 Å². The van der Waals surface area contributed by atoms with Crippen LogP contribution in [0.3, 0.4) is 0 Å². The normalized spacial score (nSPS) is 11.1. The lowest BCUT2D eigenvalue weighted by Gasteiger charge is -2.15. The van der Waals surface area contributed by atoms with Crippen molar-refractivity contribution in [2.75, 3.05) is 24.3 Å². The highest BCUT2D eigenvalue weighted by Gasteiger charge is 2.22. The molecule has 3 rings (SSSR count). The average molecular weight is 509 g/mol. The Bertz CT molecular complexity index is 1330. The van der Waals surface area contributed by atoms with Crippen molar-refractivity contribution in [2.24, 2.45) is 0 Å². The van der Waals surface area contributed by atoms with Crippen LogP contribution < -0.4 is 19.5 Å². The van der Waals surface area contributed by atoms with Crippen LogP contribution in [0, 0.1) is 13.8 Å². The highest BCUT2D eigenvalue weighted by atomic mass is 35.5. The van der Waals surface area contributed by atoms with Crippen molar-refractivity contribution in [1.82, 2.24) is 0 Å². The third kappa shape index (κ3) is 5.52. The van der Waals surface area contributed by atoms with Crippen molar-refractivity contribution < 1.29 is 22.7 Å². The van der Waals surface area contributed by atoms with Gasteiger partial charge in [0.05, 0.1) is 35.6 Å². The number of nitrogens with one attached hydrogen (secondary N) is 2. The van der Waals surface area contributed by atoms with Gasteiger partial charge in [0.2, 0.25) is 0 Å². The molecule has 33 heavy (non-hydrogen) atoms. The summed E-state index contributed by atoms with van der Waals surface area (Å²) >= 11 is 12.3. The van der Waals surface area contributed by atoms with Gasteiger partial charge in [-0.25, -0.2) is 8.42 Å². The van der Waals surface area contributed by atoms with Crippen LogP contribution in [-0.2, 0) is 10.0 Å². The molecule has 7 nitrogen and oxygen atoms in total. The minimum Gasteiger partial charge on any atom is -0.495 e. The molecule has 0 unspecified atom stereocenters. The molecule has 0 bridgehead atoms. The predicted octanol–water partition coefficient (Wildman–Crippen LogP) is 5.68. The molecule has 0 saturated heterocycles. The number of benzene rings is 3. The quantitative estimate of drug-likeness (QED) is 0.428. The summed E-state index contributed by atoms with van der Waals surface area (Å²) in [7, 11) is -1.19. The van der Waals surface area contributed by atoms with Gasteiger partial charge in [0, 0.05) is 17.7 Å². The number of rotatable bonds is 7. The fourth-order valence-corrected chi connectivity index (χ4v) is 5.02. The maximum absolute atomic E-state index is 13.0. The number of sulfonamides is 1. The fraction of sp³-hybridized carbons (Fsp3) is 0.174. The number of ether oxygens (including phenoxy) is 2. The Balaban J connectivity index is 1.93. The second kappa shape index (κ2) is 9.91. The Kier molecular flexibility index (Phi) is 7.41. The zero-order valence-corrected chi connectivity index (χ0v) is 20.7. The third-order valence-corrected chi connectivity index (χ3v) is 6.97. The lowest BCUT2D eigenvalue weighted by atomic mass is 10.1. The maximum atomic E-state index is 13.0. The summed E-state index contributed by atoms with van der Waals surface area (Å²) in [6.07, 6.45) is 0. The van der Waals surface area contributed by atoms with Crippen molar-refractivity contribution in [1.29, 1.82) is 0 Å². The summed E-state index contributed by atoms with van der Waals surface area (Å²) < 4.78 is 39.0. The van der Waals surface area contributed by atoms with Crippen LogP contribution in [0.2, 0.25) is 10.0 Å². The first-order valence-corrected chi connectivity index (χ1v) is 11.9. The summed E-state index contributed by atoms with van der Waals surface area (Å²) in [6, 6.07) is 12.3. The fourth-order valence-electron chi connectivity index (χ4n) is 3.13. The molecule has 0 aliphatic rings. The van der Waals surface area contributed by atoms with E-state index in [1.54, 1.807) is 19.1 Å². The first-order valence-electron chi connectivity index (χ1n) is 9.68. The molecular formula is C23H22Cl2N2O5S. The summed E-state index contributed by atoms with van der Waals surface area (Å²) in [5.41, 5.74) is 2.56. The van der Waals surface area contributed by atoms with Crippen LogP contribution in [0.5, 0.6) is 11.5 Å². The standard InChI is InChI=1S/C23H22Cl2N2O5S/c1-13-5-8-18(14(2)9-13)27-33(29,30)22-10-15(6-7-16(22)24)23(28)26-19-12-20(31-3)17(25)11-21(19)32-4/h5-12,27H,1-4H3,(H,26,28). The number of carbonyl (C=O) groups is 1. The SMILES string of the molecule is COc1cc(NC(=O)c2ccc(Cl)c(S(=O)(=O)Nc3ccc(C)cc3C)c2)c(OC)cc1Cl. The molecule has 2 N–H and O–H groups in total. The molecule has 3 aromatic carbocycles. The Morgan fingerprint density at radius 3 is 2.18 bits per heavy atom. The van der Waals surface area contributed by atoms with E-state index in [9.17, 15) is 13.2 Å². The lowest BCUT2D eigenvalue weighted by Crippen LogP contribution is -2.17. The molecule has 0 radical (unpaired) electrons. The van der Waals surface area contributed by atoms with Gasteiger partial charge in [-0.15, -0.1) is 0 Å². The predicted molar refractivity (Wildman–Crippen MR) is 131 cm³/mol. The minimum absolute atomic E-state index is 0.0189. The van der Waals surface area contributed by atoms with Crippen LogP contribution in [0.1, 0.15) is 21.5 Å². The molecule has 0 atom stereocenters. The largest absolute Gasteiger partial charge is 0.495 e. The van der Waals surface area contributed by atoms with E-state index in [1.807, 2.05) is 13.0 Å². The third-order valence-electron chi connectivity index (χ3n) is 4.83. The van der Waals surface area contributed by atoms with Crippen LogP contribution in [0.25, 0.3) is 0 Å². The van der Waals surface area contributed by atoms with E-state index in [1.165, 1.54) is 44.6 Å². The molecule has 0 aliphatic carbocycles. The highest BCUT2D eigenvalue weighted by molar-refractivity contribution is 7.92. The Hall–Kier alpha value is -2.94. The smallest absolute Gasteiger partial charge is 0.263 e. The van der Waals surface area contributed by atoms with E-state index in [0.717, 1.165) is 11.1 Å². The van der Waals surface area contributed by atoms with Gasteiger partial charge in [-0.1, -0.05) is 40.9 Å². The molecule has 0 saturated carbocycles. The van der Waals surface area contributed by atoms with E-state index >= 15 is 0 Å². The minimum atomic E-state index is -4.06. The zero-order chi connectivity index (χ0) is 24.3. The molecule has 10 heteroatoms. The van der Waals surface area contributed by atoms with E-state index in [2.05, 4.69) is 10.0 Å². The first kappa shape index (κ1) is 24.7. The number of methoxy groups -OCH3 is 2. The Morgan fingerprint density at radius 1 is 0.848 bits per heavy atom. The van der Waals surface area contributed by atoms with Crippen LogP contribution in [0.4, 0.5) is 11.4 Å². The Labute approximate surface area is 202 Å². The lowest BCUT2D eigenvalue weighted by molar-refractivity contribution is 0.102. The number of anilines is 2. The summed E-state index contributed by atoms with van der Waals surface area (Å²) in [5, 5.41) is 2.97. The number of amides is 1. The number of hydrogen-bond donors (Lipinski definition) is 2. The molecule has 0 spiro atoms. The maximum Gasteiger partial charge on any atom is 0.263 e. The van der Waals surface area contributed by atoms with Gasteiger partial charge in [-0.3, -0.25) is 9.52 Å². The van der Waals surface area contributed by atoms with Crippen molar-refractivity contribution >= 4 is 50.5 Å². The average Bonchev–Trinajstić information content (AvgIpc) is 2.76. The zero-order valence-electron chi connectivity index (χ0n) is 18.3. The topological polar surface area (TPSA) is 93.7 Å². The molecule has 1 amide bonds. The Morgan fingerprint density at radius 2 is 1.55 bits per heavy atom. The first-order chi connectivity index (χ1) is 15.6. The molecule has 0 heterocycles. The molecule has 3 aromatic rings. The van der Waals surface area contributed by atoms with Crippen LogP contribution >= 0.6 is 23.2 Å². The van der Waals surface area contributed by atoms with Crippen molar-refractivity contribution in [3.05, 3.63) is 75.3 Å². The molecule has 0 aromatic heterocycles. The van der Waals surface area contributed by atoms with Crippen LogP contribution in [0.15, 0.2) is 53.4 Å². The van der Waals surface area contributed by atoms with Crippen LogP contribution in [-0.4, -0.2) is 28.5 Å². The van der Waals surface area contributed by atoms with Gasteiger partial charge in [0.25, 0.3) is 15.9 Å². The second-order valence-corrected chi connectivity index (χ2v) is 9.68. The van der Waals surface area contributed by atoms with Gasteiger partial charge in [-0.2, -0.15) is 0 Å². The summed E-state index contributed by atoms with van der Waals surface area (Å²) in [4.78, 5) is 12.7. The summed E-state index contributed by atoms with van der Waals surface area (Å²) in [5.74, 6) is 0.0783. The van der Waals surface area contributed by atoms with Gasteiger partial charge >= 0.3 is 0 Å². The second-order valence-electron chi connectivity index (χ2n) is 7.21. The van der Waals surface area contributed by atoms with Crippen molar-refractivity contribution in [3.63, 3.8) is 0 Å². The van der Waals surface area contributed by atoms with E-state index in [-0.39, 0.29) is 15.5 Å². The van der Waals surface area contributed by atoms with Gasteiger partial charge < -0.3 is 14.8 Å². The molecule has 0 fully saturated rings.